The van der Waals surface area contributed by atoms with Crippen molar-refractivity contribution in [2.45, 2.75) is 31.6 Å². The summed E-state index contributed by atoms with van der Waals surface area (Å²) in [6.07, 6.45) is 0.880. The monoisotopic (exact) mass is 497 g/mol. The summed E-state index contributed by atoms with van der Waals surface area (Å²) in [6, 6.07) is 8.36. The van der Waals surface area contributed by atoms with Crippen molar-refractivity contribution in [3.05, 3.63) is 51.5 Å². The smallest absolute Gasteiger partial charge is 0.243 e. The first-order chi connectivity index (χ1) is 14.6. The summed E-state index contributed by atoms with van der Waals surface area (Å²) < 4.78 is 28.2. The van der Waals surface area contributed by atoms with E-state index in [2.05, 4.69) is 16.4 Å². The number of amides is 1. The van der Waals surface area contributed by atoms with Gasteiger partial charge in [0.05, 0.1) is 25.2 Å². The van der Waals surface area contributed by atoms with Gasteiger partial charge in [0.25, 0.3) is 0 Å². The summed E-state index contributed by atoms with van der Waals surface area (Å²) in [6.45, 7) is 4.57. The van der Waals surface area contributed by atoms with Crippen molar-refractivity contribution in [2.24, 2.45) is 5.92 Å². The quantitative estimate of drug-likeness (QED) is 0.532. The maximum absolute atomic E-state index is 12.9. The van der Waals surface area contributed by atoms with Crippen molar-refractivity contribution in [1.82, 2.24) is 9.29 Å². The van der Waals surface area contributed by atoms with Crippen molar-refractivity contribution < 1.29 is 13.2 Å². The summed E-state index contributed by atoms with van der Waals surface area (Å²) in [5.74, 6) is -0.393. The van der Waals surface area contributed by atoms with Crippen LogP contribution in [0.5, 0.6) is 0 Å². The Morgan fingerprint density at radius 2 is 1.84 bits per heavy atom. The molecule has 1 saturated heterocycles. The zero-order valence-corrected chi connectivity index (χ0v) is 20.1. The summed E-state index contributed by atoms with van der Waals surface area (Å²) >= 11 is 13.3. The molecule has 6 nitrogen and oxygen atoms in total. The summed E-state index contributed by atoms with van der Waals surface area (Å²) in [4.78, 5) is 17.4. The Bertz CT molecular complexity index is 1270. The topological polar surface area (TPSA) is 79.4 Å². The molecule has 0 unspecified atom stereocenters. The van der Waals surface area contributed by atoms with Crippen molar-refractivity contribution >= 4 is 65.8 Å². The molecule has 1 aliphatic rings. The van der Waals surface area contributed by atoms with Crippen LogP contribution >= 0.6 is 34.5 Å². The number of piperidine rings is 1. The van der Waals surface area contributed by atoms with Gasteiger partial charge in [0.15, 0.2) is 5.13 Å². The van der Waals surface area contributed by atoms with Gasteiger partial charge in [-0.25, -0.2) is 13.4 Å². The predicted octanol–water partition coefficient (Wildman–Crippen LogP) is 5.26. The molecular formula is C21H21Cl2N3O3S2. The first-order valence-electron chi connectivity index (χ1n) is 9.79. The van der Waals surface area contributed by atoms with Crippen LogP contribution in [0.4, 0.5) is 5.13 Å². The fraction of sp³-hybridized carbons (Fsp3) is 0.333. The van der Waals surface area contributed by atoms with Crippen LogP contribution in [0.25, 0.3) is 10.2 Å². The maximum atomic E-state index is 12.9. The molecule has 1 N–H and O–H groups in total. The molecule has 10 heteroatoms. The molecule has 164 valence electrons. The molecule has 1 aromatic heterocycles. The lowest BCUT2D eigenvalue weighted by Gasteiger charge is -2.30. The van der Waals surface area contributed by atoms with E-state index in [0.717, 1.165) is 21.3 Å². The number of anilines is 1. The maximum Gasteiger partial charge on any atom is 0.243 e. The van der Waals surface area contributed by atoms with Crippen molar-refractivity contribution in [3.8, 4) is 0 Å². The molecule has 0 bridgehead atoms. The van der Waals surface area contributed by atoms with Crippen LogP contribution < -0.4 is 5.32 Å². The van der Waals surface area contributed by atoms with Crippen LogP contribution in [-0.4, -0.2) is 36.7 Å². The SMILES string of the molecule is Cc1cc(C)c2sc(NC(=O)C3CCN(S(=O)(=O)c4ccc(Cl)c(Cl)c4)CC3)nc2c1. The molecule has 31 heavy (non-hydrogen) atoms. The fourth-order valence-electron chi connectivity index (χ4n) is 3.78. The van der Waals surface area contributed by atoms with Gasteiger partial charge in [0.1, 0.15) is 0 Å². The largest absolute Gasteiger partial charge is 0.302 e. The number of hydrogen-bond acceptors (Lipinski definition) is 5. The highest BCUT2D eigenvalue weighted by Gasteiger charge is 2.32. The van der Waals surface area contributed by atoms with E-state index in [0.29, 0.717) is 23.0 Å². The molecule has 0 spiro atoms. The van der Waals surface area contributed by atoms with Crippen LogP contribution in [0.15, 0.2) is 35.2 Å². The van der Waals surface area contributed by atoms with Crippen LogP contribution in [0.2, 0.25) is 10.0 Å². The minimum absolute atomic E-state index is 0.102. The van der Waals surface area contributed by atoms with Gasteiger partial charge in [-0.1, -0.05) is 40.6 Å². The minimum atomic E-state index is -3.69. The number of nitrogens with zero attached hydrogens (tertiary/aromatic N) is 2. The number of carbonyl (C=O) groups is 1. The van der Waals surface area contributed by atoms with Crippen LogP contribution in [0, 0.1) is 19.8 Å². The second-order valence-corrected chi connectivity index (χ2v) is 11.4. The van der Waals surface area contributed by atoms with E-state index in [9.17, 15) is 13.2 Å². The van der Waals surface area contributed by atoms with Crippen molar-refractivity contribution in [3.63, 3.8) is 0 Å². The minimum Gasteiger partial charge on any atom is -0.302 e. The third kappa shape index (κ3) is 4.59. The zero-order valence-electron chi connectivity index (χ0n) is 17.0. The van der Waals surface area contributed by atoms with Crippen LogP contribution in [-0.2, 0) is 14.8 Å². The number of fused-ring (bicyclic) bond motifs is 1. The van der Waals surface area contributed by atoms with Gasteiger partial charge >= 0.3 is 0 Å². The van der Waals surface area contributed by atoms with Gasteiger partial charge in [-0.3, -0.25) is 4.79 Å². The number of benzene rings is 2. The number of aromatic nitrogens is 1. The number of rotatable bonds is 4. The molecular weight excluding hydrogens is 477 g/mol. The average molecular weight is 498 g/mol. The molecule has 2 heterocycles. The van der Waals surface area contributed by atoms with Crippen molar-refractivity contribution in [2.75, 3.05) is 18.4 Å². The summed E-state index contributed by atoms with van der Waals surface area (Å²) in [5.41, 5.74) is 3.14. The molecule has 3 aromatic rings. The Balaban J connectivity index is 1.42. The molecule has 4 rings (SSSR count). The number of halogens is 2. The Morgan fingerprint density at radius 3 is 2.52 bits per heavy atom. The zero-order chi connectivity index (χ0) is 22.3. The van der Waals surface area contributed by atoms with Crippen LogP contribution in [0.3, 0.4) is 0 Å². The second-order valence-electron chi connectivity index (χ2n) is 7.69. The molecule has 1 fully saturated rings. The van der Waals surface area contributed by atoms with E-state index >= 15 is 0 Å². The second kappa shape index (κ2) is 8.67. The number of nitrogens with one attached hydrogen (secondary N) is 1. The number of aryl methyl sites for hydroxylation is 2. The van der Waals surface area contributed by atoms with Gasteiger partial charge in [0, 0.05) is 19.0 Å². The Morgan fingerprint density at radius 1 is 1.13 bits per heavy atom. The van der Waals surface area contributed by atoms with E-state index in [4.69, 9.17) is 23.2 Å². The molecule has 0 atom stereocenters. The first kappa shape index (κ1) is 22.5. The van der Waals surface area contributed by atoms with Crippen molar-refractivity contribution in [1.29, 1.82) is 0 Å². The molecule has 0 aliphatic carbocycles. The van der Waals surface area contributed by atoms with Crippen LogP contribution in [0.1, 0.15) is 24.0 Å². The van der Waals surface area contributed by atoms with Gasteiger partial charge in [0.2, 0.25) is 15.9 Å². The summed E-state index contributed by atoms with van der Waals surface area (Å²) in [7, 11) is -3.69. The number of hydrogen-bond donors (Lipinski definition) is 1. The molecule has 0 radical (unpaired) electrons. The standard InChI is InChI=1S/C21H21Cl2N3O3S2/c1-12-9-13(2)19-18(10-12)24-21(30-19)25-20(27)14-5-7-26(8-6-14)31(28,29)15-3-4-16(22)17(23)11-15/h3-4,9-11,14H,5-8H2,1-2H3,(H,24,25,27). The highest BCUT2D eigenvalue weighted by atomic mass is 35.5. The third-order valence-corrected chi connectivity index (χ3v) is 9.16. The molecule has 1 amide bonds. The lowest BCUT2D eigenvalue weighted by Crippen LogP contribution is -2.41. The predicted molar refractivity (Wildman–Crippen MR) is 126 cm³/mol. The highest BCUT2D eigenvalue weighted by molar-refractivity contribution is 7.89. The van der Waals surface area contributed by atoms with E-state index in [1.807, 2.05) is 19.9 Å². The van der Waals surface area contributed by atoms with E-state index < -0.39 is 10.0 Å². The summed E-state index contributed by atoms with van der Waals surface area (Å²) in [5, 5.41) is 3.98. The molecule has 0 saturated carbocycles. The molecule has 2 aromatic carbocycles. The van der Waals surface area contributed by atoms with Gasteiger partial charge < -0.3 is 5.32 Å². The van der Waals surface area contributed by atoms with Gasteiger partial charge in [-0.15, -0.1) is 0 Å². The van der Waals surface area contributed by atoms with E-state index in [1.54, 1.807) is 0 Å². The Labute approximate surface area is 195 Å². The number of sulfonamides is 1. The third-order valence-electron chi connectivity index (χ3n) is 5.40. The highest BCUT2D eigenvalue weighted by Crippen LogP contribution is 2.32. The normalized spacial score (nSPS) is 16.0. The lowest BCUT2D eigenvalue weighted by molar-refractivity contribution is -0.120. The Hall–Kier alpha value is -1.71. The fourth-order valence-corrected chi connectivity index (χ4v) is 6.56. The van der Waals surface area contributed by atoms with E-state index in [-0.39, 0.29) is 34.8 Å². The van der Waals surface area contributed by atoms with Gasteiger partial charge in [-0.05, 0) is 62.1 Å². The lowest BCUT2D eigenvalue weighted by atomic mass is 9.97. The average Bonchev–Trinajstić information content (AvgIpc) is 3.12. The molecule has 1 aliphatic heterocycles. The number of carbonyl (C=O) groups excluding carboxylic acids is 1. The Kier molecular flexibility index (Phi) is 6.29. The van der Waals surface area contributed by atoms with E-state index in [1.165, 1.54) is 33.8 Å². The van der Waals surface area contributed by atoms with Gasteiger partial charge in [-0.2, -0.15) is 4.31 Å². The first-order valence-corrected chi connectivity index (χ1v) is 12.8. The number of thiazole rings is 1.